The summed E-state index contributed by atoms with van der Waals surface area (Å²) in [6.45, 7) is 2.06. The summed E-state index contributed by atoms with van der Waals surface area (Å²) in [6, 6.07) is 6.51. The van der Waals surface area contributed by atoms with Gasteiger partial charge in [-0.15, -0.1) is 0 Å². The molecule has 0 aliphatic heterocycles. The fraction of sp³-hybridized carbons (Fsp3) is 0.167. The molecule has 18 heavy (non-hydrogen) atoms. The number of nitrogens with two attached hydrogens (primary N) is 1. The summed E-state index contributed by atoms with van der Waals surface area (Å²) < 4.78 is 4.90. The Morgan fingerprint density at radius 1 is 1.50 bits per heavy atom. The molecule has 0 unspecified atom stereocenters. The van der Waals surface area contributed by atoms with Crippen LogP contribution in [0.25, 0.3) is 0 Å². The Kier molecular flexibility index (Phi) is 3.53. The molecule has 1 heterocycles. The monoisotopic (exact) mass is 265 g/mol. The van der Waals surface area contributed by atoms with Gasteiger partial charge < -0.3 is 15.6 Å². The molecule has 0 saturated carbocycles. The van der Waals surface area contributed by atoms with E-state index >= 15 is 0 Å². The van der Waals surface area contributed by atoms with Crippen LogP contribution in [0.2, 0.25) is 5.02 Å². The number of benzene rings is 1. The number of rotatable bonds is 3. The van der Waals surface area contributed by atoms with Crippen molar-refractivity contribution in [1.82, 2.24) is 10.5 Å². The lowest BCUT2D eigenvalue weighted by molar-refractivity contribution is 0.0951. The first kappa shape index (κ1) is 12.4. The quantitative estimate of drug-likeness (QED) is 0.833. The second-order valence-electron chi connectivity index (χ2n) is 3.84. The predicted octanol–water partition coefficient (Wildman–Crippen LogP) is 2.15. The maximum Gasteiger partial charge on any atom is 0.253 e. The SMILES string of the molecule is Cc1cc(CNC(=O)c2cc(Cl)ccc2N)no1. The minimum Gasteiger partial charge on any atom is -0.398 e. The maximum atomic E-state index is 11.9. The van der Waals surface area contributed by atoms with Crippen molar-refractivity contribution in [3.8, 4) is 0 Å². The van der Waals surface area contributed by atoms with Gasteiger partial charge in [-0.1, -0.05) is 16.8 Å². The van der Waals surface area contributed by atoms with E-state index < -0.39 is 0 Å². The molecular formula is C12H12ClN3O2. The van der Waals surface area contributed by atoms with Crippen molar-refractivity contribution < 1.29 is 9.32 Å². The first-order valence-corrected chi connectivity index (χ1v) is 5.69. The number of hydrogen-bond donors (Lipinski definition) is 2. The van der Waals surface area contributed by atoms with Gasteiger partial charge in [-0.2, -0.15) is 0 Å². The van der Waals surface area contributed by atoms with Crippen molar-refractivity contribution in [1.29, 1.82) is 0 Å². The van der Waals surface area contributed by atoms with Crippen LogP contribution in [-0.4, -0.2) is 11.1 Å². The molecule has 0 radical (unpaired) electrons. The van der Waals surface area contributed by atoms with Gasteiger partial charge in [0.1, 0.15) is 11.5 Å². The number of hydrogen-bond acceptors (Lipinski definition) is 4. The van der Waals surface area contributed by atoms with Crippen molar-refractivity contribution in [2.75, 3.05) is 5.73 Å². The van der Waals surface area contributed by atoms with Crippen LogP contribution in [0, 0.1) is 6.92 Å². The largest absolute Gasteiger partial charge is 0.398 e. The highest BCUT2D eigenvalue weighted by Crippen LogP contribution is 2.17. The second-order valence-corrected chi connectivity index (χ2v) is 4.28. The predicted molar refractivity (Wildman–Crippen MR) is 68.3 cm³/mol. The fourth-order valence-corrected chi connectivity index (χ4v) is 1.66. The van der Waals surface area contributed by atoms with Crippen LogP contribution in [0.15, 0.2) is 28.8 Å². The zero-order valence-corrected chi connectivity index (χ0v) is 10.5. The third-order valence-corrected chi connectivity index (χ3v) is 2.60. The van der Waals surface area contributed by atoms with Gasteiger partial charge in [0.15, 0.2) is 0 Å². The van der Waals surface area contributed by atoms with Crippen LogP contribution < -0.4 is 11.1 Å². The van der Waals surface area contributed by atoms with Gasteiger partial charge in [0.05, 0.1) is 12.1 Å². The third kappa shape index (κ3) is 2.81. The van der Waals surface area contributed by atoms with E-state index in [1.807, 2.05) is 0 Å². The number of carbonyl (C=O) groups excluding carboxylic acids is 1. The van der Waals surface area contributed by atoms with Gasteiger partial charge in [-0.05, 0) is 25.1 Å². The molecule has 0 fully saturated rings. The molecular weight excluding hydrogens is 254 g/mol. The minimum absolute atomic E-state index is 0.280. The molecule has 0 bridgehead atoms. The van der Waals surface area contributed by atoms with Gasteiger partial charge in [0.2, 0.25) is 0 Å². The number of amides is 1. The number of nitrogens with one attached hydrogen (secondary N) is 1. The molecule has 2 aromatic rings. The highest BCUT2D eigenvalue weighted by atomic mass is 35.5. The summed E-state index contributed by atoms with van der Waals surface area (Å²) >= 11 is 5.82. The van der Waals surface area contributed by atoms with Crippen molar-refractivity contribution >= 4 is 23.2 Å². The topological polar surface area (TPSA) is 81.2 Å². The molecule has 6 heteroatoms. The molecule has 2 rings (SSSR count). The zero-order chi connectivity index (χ0) is 13.1. The van der Waals surface area contributed by atoms with Crippen LogP contribution in [0.4, 0.5) is 5.69 Å². The van der Waals surface area contributed by atoms with Crippen molar-refractivity contribution in [2.45, 2.75) is 13.5 Å². The first-order valence-electron chi connectivity index (χ1n) is 5.31. The van der Waals surface area contributed by atoms with Crippen molar-refractivity contribution in [2.24, 2.45) is 0 Å². The lowest BCUT2D eigenvalue weighted by Gasteiger charge is -2.06. The van der Waals surface area contributed by atoms with E-state index in [4.69, 9.17) is 21.9 Å². The lowest BCUT2D eigenvalue weighted by atomic mass is 10.1. The van der Waals surface area contributed by atoms with E-state index in [0.29, 0.717) is 27.7 Å². The number of anilines is 1. The summed E-state index contributed by atoms with van der Waals surface area (Å²) in [5.41, 5.74) is 7.10. The highest BCUT2D eigenvalue weighted by Gasteiger charge is 2.10. The molecule has 94 valence electrons. The van der Waals surface area contributed by atoms with E-state index in [-0.39, 0.29) is 12.5 Å². The molecule has 0 atom stereocenters. The molecule has 0 aliphatic rings. The number of nitrogen functional groups attached to an aromatic ring is 1. The molecule has 0 spiro atoms. The Morgan fingerprint density at radius 2 is 2.28 bits per heavy atom. The van der Waals surface area contributed by atoms with Gasteiger partial charge in [0, 0.05) is 16.8 Å². The molecule has 1 aromatic carbocycles. The number of nitrogens with zero attached hydrogens (tertiary/aromatic N) is 1. The van der Waals surface area contributed by atoms with Crippen LogP contribution in [0.5, 0.6) is 0 Å². The first-order chi connectivity index (χ1) is 8.56. The Hall–Kier alpha value is -2.01. The molecule has 0 aliphatic carbocycles. The van der Waals surface area contributed by atoms with E-state index in [9.17, 15) is 4.79 Å². The summed E-state index contributed by atoms with van der Waals surface area (Å²) in [6.07, 6.45) is 0. The average Bonchev–Trinajstić information content (AvgIpc) is 2.75. The highest BCUT2D eigenvalue weighted by molar-refractivity contribution is 6.31. The molecule has 5 nitrogen and oxygen atoms in total. The Morgan fingerprint density at radius 3 is 2.94 bits per heavy atom. The average molecular weight is 266 g/mol. The summed E-state index contributed by atoms with van der Waals surface area (Å²) in [5, 5.41) is 6.94. The lowest BCUT2D eigenvalue weighted by Crippen LogP contribution is -2.23. The van der Waals surface area contributed by atoms with Gasteiger partial charge in [0.25, 0.3) is 5.91 Å². The molecule has 0 saturated heterocycles. The molecule has 1 amide bonds. The Bertz CT molecular complexity index is 580. The summed E-state index contributed by atoms with van der Waals surface area (Å²) in [4.78, 5) is 11.9. The summed E-state index contributed by atoms with van der Waals surface area (Å²) in [7, 11) is 0. The van der Waals surface area contributed by atoms with Crippen LogP contribution >= 0.6 is 11.6 Å². The van der Waals surface area contributed by atoms with E-state index in [2.05, 4.69) is 10.5 Å². The standard InChI is InChI=1S/C12H12ClN3O2/c1-7-4-9(16-18-7)6-15-12(17)10-5-8(13)2-3-11(10)14/h2-5H,6,14H2,1H3,(H,15,17). The van der Waals surface area contributed by atoms with Gasteiger partial charge in [-0.25, -0.2) is 0 Å². The smallest absolute Gasteiger partial charge is 0.253 e. The Balaban J connectivity index is 2.05. The van der Waals surface area contributed by atoms with Crippen LogP contribution in [0.3, 0.4) is 0 Å². The number of aryl methyl sites for hydroxylation is 1. The minimum atomic E-state index is -0.296. The molecule has 3 N–H and O–H groups in total. The van der Waals surface area contributed by atoms with Crippen molar-refractivity contribution in [3.63, 3.8) is 0 Å². The van der Waals surface area contributed by atoms with Crippen molar-refractivity contribution in [3.05, 3.63) is 46.3 Å². The maximum absolute atomic E-state index is 11.9. The van der Waals surface area contributed by atoms with Gasteiger partial charge >= 0.3 is 0 Å². The second kappa shape index (κ2) is 5.10. The summed E-state index contributed by atoms with van der Waals surface area (Å²) in [5.74, 6) is 0.400. The number of carbonyl (C=O) groups is 1. The van der Waals surface area contributed by atoms with E-state index in [1.165, 1.54) is 6.07 Å². The van der Waals surface area contributed by atoms with Crippen LogP contribution in [-0.2, 0) is 6.54 Å². The normalized spacial score (nSPS) is 10.3. The van der Waals surface area contributed by atoms with Crippen LogP contribution in [0.1, 0.15) is 21.8 Å². The molecule has 1 aromatic heterocycles. The Labute approximate surface area is 109 Å². The fourth-order valence-electron chi connectivity index (χ4n) is 1.49. The van der Waals surface area contributed by atoms with Gasteiger partial charge in [-0.3, -0.25) is 4.79 Å². The zero-order valence-electron chi connectivity index (χ0n) is 9.74. The number of halogens is 1. The van der Waals surface area contributed by atoms with E-state index in [0.717, 1.165) is 0 Å². The third-order valence-electron chi connectivity index (χ3n) is 2.37. The number of aromatic nitrogens is 1. The van der Waals surface area contributed by atoms with E-state index in [1.54, 1.807) is 25.1 Å².